The minimum Gasteiger partial charge on any atom is -0.508 e. The molecule has 4 amide bonds. The average Bonchev–Trinajstić information content (AvgIpc) is 2.87. The number of amides is 4. The maximum atomic E-state index is 12.8. The Morgan fingerprint density at radius 3 is 2.08 bits per heavy atom. The predicted molar refractivity (Wildman–Crippen MR) is 139 cm³/mol. The highest BCUT2D eigenvalue weighted by Crippen LogP contribution is 2.11. The summed E-state index contributed by atoms with van der Waals surface area (Å²) in [6, 6.07) is 2.17. The number of aliphatic carboxylic acids is 1. The summed E-state index contributed by atoms with van der Waals surface area (Å²) < 4.78 is 0. The van der Waals surface area contributed by atoms with Crippen LogP contribution < -0.4 is 38.5 Å². The van der Waals surface area contributed by atoms with Gasteiger partial charge in [-0.05, 0) is 37.5 Å². The third kappa shape index (κ3) is 13.1. The van der Waals surface area contributed by atoms with Gasteiger partial charge in [-0.15, -0.1) is 0 Å². The van der Waals surface area contributed by atoms with Crippen molar-refractivity contribution in [2.75, 3.05) is 19.6 Å². The Bertz CT molecular complexity index is 1030. The molecule has 0 aliphatic heterocycles. The largest absolute Gasteiger partial charge is 0.508 e. The highest BCUT2D eigenvalue weighted by molar-refractivity contribution is 5.93. The smallest absolute Gasteiger partial charge is 0.322 e. The van der Waals surface area contributed by atoms with Gasteiger partial charge < -0.3 is 53.8 Å². The number of phenols is 1. The maximum Gasteiger partial charge on any atom is 0.322 e. The van der Waals surface area contributed by atoms with E-state index in [0.29, 0.717) is 5.56 Å². The number of aliphatic hydroxyl groups excluding tert-OH is 1. The number of benzene rings is 1. The van der Waals surface area contributed by atoms with Crippen LogP contribution in [0.4, 0.5) is 0 Å². The van der Waals surface area contributed by atoms with E-state index >= 15 is 0 Å². The van der Waals surface area contributed by atoms with E-state index < -0.39 is 66.9 Å². The van der Waals surface area contributed by atoms with Gasteiger partial charge in [-0.3, -0.25) is 29.0 Å². The van der Waals surface area contributed by atoms with Gasteiger partial charge in [-0.1, -0.05) is 12.1 Å². The molecule has 16 nitrogen and oxygen atoms in total. The van der Waals surface area contributed by atoms with Gasteiger partial charge in [0.25, 0.3) is 0 Å². The van der Waals surface area contributed by atoms with Gasteiger partial charge in [-0.25, -0.2) is 0 Å². The minimum absolute atomic E-state index is 0.00766. The summed E-state index contributed by atoms with van der Waals surface area (Å²) >= 11 is 0. The quantitative estimate of drug-likeness (QED) is 0.0535. The van der Waals surface area contributed by atoms with Crippen LogP contribution in [0.2, 0.25) is 0 Å². The Hall–Kier alpha value is -4.44. The first-order valence-electron chi connectivity index (χ1n) is 11.9. The highest BCUT2D eigenvalue weighted by Gasteiger charge is 2.27. The van der Waals surface area contributed by atoms with E-state index in [9.17, 15) is 34.2 Å². The van der Waals surface area contributed by atoms with Crippen molar-refractivity contribution in [2.45, 2.75) is 50.4 Å². The van der Waals surface area contributed by atoms with E-state index in [1.165, 1.54) is 31.2 Å². The molecule has 1 rings (SSSR count). The number of rotatable bonds is 16. The van der Waals surface area contributed by atoms with Crippen LogP contribution in [0.5, 0.6) is 5.75 Å². The first-order chi connectivity index (χ1) is 18.3. The van der Waals surface area contributed by atoms with E-state index in [4.69, 9.17) is 22.3 Å². The number of carboxylic acid groups (broad SMARTS) is 1. The number of nitrogens with zero attached hydrogens (tertiary/aromatic N) is 1. The van der Waals surface area contributed by atoms with Gasteiger partial charge in [0, 0.05) is 13.0 Å². The summed E-state index contributed by atoms with van der Waals surface area (Å²) in [5, 5.41) is 37.2. The van der Waals surface area contributed by atoms with Crippen LogP contribution in [0, 0.1) is 0 Å². The number of guanidine groups is 1. The summed E-state index contributed by atoms with van der Waals surface area (Å²) in [6.45, 7) is 0.214. The van der Waals surface area contributed by atoms with Crippen molar-refractivity contribution in [1.82, 2.24) is 21.3 Å². The molecule has 0 saturated heterocycles. The van der Waals surface area contributed by atoms with E-state index in [2.05, 4.69) is 26.3 Å². The number of aliphatic imine (C=N–C) groups is 1. The average molecular weight is 553 g/mol. The molecule has 0 radical (unpaired) electrons. The highest BCUT2D eigenvalue weighted by atomic mass is 16.4. The Balaban J connectivity index is 2.86. The molecule has 0 spiro atoms. The molecule has 0 aliphatic rings. The summed E-state index contributed by atoms with van der Waals surface area (Å²) in [4.78, 5) is 64.7. The Kier molecular flexibility index (Phi) is 13.7. The molecule has 0 aliphatic carbocycles. The van der Waals surface area contributed by atoms with Crippen LogP contribution in [0.25, 0.3) is 0 Å². The molecule has 13 N–H and O–H groups in total. The van der Waals surface area contributed by atoms with E-state index in [-0.39, 0.29) is 37.5 Å². The predicted octanol–water partition coefficient (Wildman–Crippen LogP) is -4.02. The zero-order valence-corrected chi connectivity index (χ0v) is 21.4. The van der Waals surface area contributed by atoms with Crippen LogP contribution in [-0.2, 0) is 30.4 Å². The second-order valence-corrected chi connectivity index (χ2v) is 8.60. The van der Waals surface area contributed by atoms with E-state index in [1.807, 2.05) is 0 Å². The summed E-state index contributed by atoms with van der Waals surface area (Å²) in [5.74, 6) is -4.53. The van der Waals surface area contributed by atoms with Crippen LogP contribution in [-0.4, -0.2) is 94.7 Å². The SMILES string of the molecule is C[C@@H](O)[C@H](N)C(=O)N[C@@H](CCCN=C(N)N)C(=O)NCC(=O)N[C@@H](Cc1ccc(O)cc1)C(=O)NCC(=O)O. The molecule has 0 fully saturated rings. The monoisotopic (exact) mass is 552 g/mol. The summed E-state index contributed by atoms with van der Waals surface area (Å²) in [7, 11) is 0. The molecule has 0 heterocycles. The zero-order chi connectivity index (χ0) is 29.5. The second kappa shape index (κ2) is 16.4. The molecule has 39 heavy (non-hydrogen) atoms. The molecule has 0 aromatic heterocycles. The Morgan fingerprint density at radius 2 is 1.51 bits per heavy atom. The number of aliphatic hydroxyl groups is 1. The fraction of sp³-hybridized carbons (Fsp3) is 0.478. The van der Waals surface area contributed by atoms with Crippen molar-refractivity contribution in [3.8, 4) is 5.75 Å². The molecule has 0 bridgehead atoms. The van der Waals surface area contributed by atoms with Crippen LogP contribution in [0.1, 0.15) is 25.3 Å². The van der Waals surface area contributed by atoms with Crippen LogP contribution in [0.3, 0.4) is 0 Å². The van der Waals surface area contributed by atoms with Gasteiger partial charge in [0.15, 0.2) is 5.96 Å². The van der Waals surface area contributed by atoms with Gasteiger partial charge in [0.1, 0.15) is 30.4 Å². The van der Waals surface area contributed by atoms with Gasteiger partial charge in [-0.2, -0.15) is 0 Å². The van der Waals surface area contributed by atoms with Crippen molar-refractivity contribution >= 4 is 35.6 Å². The molecular weight excluding hydrogens is 516 g/mol. The summed E-state index contributed by atoms with van der Waals surface area (Å²) in [6.07, 6.45) is -0.862. The third-order valence-corrected chi connectivity index (χ3v) is 5.27. The lowest BCUT2D eigenvalue weighted by molar-refractivity contribution is -0.138. The summed E-state index contributed by atoms with van der Waals surface area (Å²) in [5.41, 5.74) is 16.7. The lowest BCUT2D eigenvalue weighted by Crippen LogP contribution is -2.56. The molecular formula is C23H36N8O8. The normalized spacial score (nSPS) is 13.6. The first-order valence-corrected chi connectivity index (χ1v) is 11.9. The zero-order valence-electron chi connectivity index (χ0n) is 21.4. The van der Waals surface area contributed by atoms with Crippen LogP contribution >= 0.6 is 0 Å². The Morgan fingerprint density at radius 1 is 0.923 bits per heavy atom. The molecule has 4 atom stereocenters. The van der Waals surface area contributed by atoms with Crippen molar-refractivity contribution in [1.29, 1.82) is 0 Å². The number of carbonyl (C=O) groups excluding carboxylic acids is 4. The third-order valence-electron chi connectivity index (χ3n) is 5.27. The van der Waals surface area contributed by atoms with Gasteiger partial charge in [0.2, 0.25) is 23.6 Å². The lowest BCUT2D eigenvalue weighted by Gasteiger charge is -2.22. The number of phenolic OH excluding ortho intramolecular Hbond substituents is 1. The van der Waals surface area contributed by atoms with Crippen molar-refractivity contribution in [3.05, 3.63) is 29.8 Å². The van der Waals surface area contributed by atoms with Gasteiger partial charge >= 0.3 is 5.97 Å². The van der Waals surface area contributed by atoms with E-state index in [0.717, 1.165) is 0 Å². The van der Waals surface area contributed by atoms with Gasteiger partial charge in [0.05, 0.1) is 12.6 Å². The van der Waals surface area contributed by atoms with E-state index in [1.54, 1.807) is 0 Å². The second-order valence-electron chi connectivity index (χ2n) is 8.60. The van der Waals surface area contributed by atoms with Crippen molar-refractivity contribution in [2.24, 2.45) is 22.2 Å². The number of hydrogen-bond donors (Lipinski definition) is 10. The number of carbonyl (C=O) groups is 5. The van der Waals surface area contributed by atoms with Crippen molar-refractivity contribution in [3.63, 3.8) is 0 Å². The number of carboxylic acids is 1. The van der Waals surface area contributed by atoms with Crippen molar-refractivity contribution < 1.29 is 39.3 Å². The maximum absolute atomic E-state index is 12.8. The molecule has 1 aromatic carbocycles. The topological polar surface area (TPSA) is 285 Å². The number of nitrogens with two attached hydrogens (primary N) is 3. The molecule has 0 saturated carbocycles. The molecule has 216 valence electrons. The first kappa shape index (κ1) is 32.6. The number of nitrogens with one attached hydrogen (secondary N) is 4. The standard InChI is InChI=1S/C23H36N8O8/c1-12(32)19(24)22(39)31-15(3-2-8-27-23(25)26)20(37)28-10-17(34)30-16(21(38)29-11-18(35)36)9-13-4-6-14(33)7-5-13/h4-7,12,15-16,19,32-33H,2-3,8-11,24H2,1H3,(H,28,37)(H,29,38)(H,30,34)(H,31,39)(H,35,36)(H4,25,26,27)/t12-,15+,16+,19+/m1/s1. The molecule has 16 heteroatoms. The van der Waals surface area contributed by atoms with Crippen LogP contribution in [0.15, 0.2) is 29.3 Å². The lowest BCUT2D eigenvalue weighted by atomic mass is 10.0. The fourth-order valence-corrected chi connectivity index (χ4v) is 3.16. The molecule has 1 aromatic rings. The number of hydrogen-bond acceptors (Lipinski definition) is 9. The fourth-order valence-electron chi connectivity index (χ4n) is 3.16. The Labute approximate surface area is 224 Å². The number of aromatic hydroxyl groups is 1. The molecule has 0 unspecified atom stereocenters. The minimum atomic E-state index is -1.30.